The fourth-order valence-electron chi connectivity index (χ4n) is 5.52. The quantitative estimate of drug-likeness (QED) is 0.0479. The summed E-state index contributed by atoms with van der Waals surface area (Å²) in [6, 6.07) is 0. The van der Waals surface area contributed by atoms with E-state index in [0.717, 1.165) is 50.8 Å². The first-order valence-corrected chi connectivity index (χ1v) is 18.2. The van der Waals surface area contributed by atoms with E-state index < -0.39 is 0 Å². The van der Waals surface area contributed by atoms with Crippen LogP contribution in [-0.2, 0) is 14.3 Å². The number of hydrogen-bond donors (Lipinski definition) is 1. The molecule has 242 valence electrons. The van der Waals surface area contributed by atoms with Crippen molar-refractivity contribution in [1.82, 2.24) is 5.32 Å². The minimum atomic E-state index is -0.102. The third-order valence-corrected chi connectivity index (χ3v) is 8.30. The number of methoxy groups -OCH3 is 1. The predicted molar refractivity (Wildman–Crippen MR) is 178 cm³/mol. The molecule has 4 nitrogen and oxygen atoms in total. The first-order chi connectivity index (χ1) is 20.1. The average Bonchev–Trinajstić information content (AvgIpc) is 2.97. The molecule has 0 unspecified atom stereocenters. The summed E-state index contributed by atoms with van der Waals surface area (Å²) in [5, 5.41) is 3.62. The van der Waals surface area contributed by atoms with E-state index in [1.165, 1.54) is 142 Å². The van der Waals surface area contributed by atoms with Gasteiger partial charge in [0.25, 0.3) is 0 Å². The first kappa shape index (κ1) is 39.7. The van der Waals surface area contributed by atoms with Crippen molar-refractivity contribution in [3.8, 4) is 0 Å². The number of rotatable bonds is 33. The molecule has 0 aliphatic heterocycles. The van der Waals surface area contributed by atoms with Crippen LogP contribution in [0.15, 0.2) is 11.8 Å². The molecule has 0 aromatic heterocycles. The van der Waals surface area contributed by atoms with E-state index in [1.807, 2.05) is 6.08 Å². The second kappa shape index (κ2) is 33.2. The third-order valence-electron chi connectivity index (χ3n) is 8.30. The van der Waals surface area contributed by atoms with Gasteiger partial charge in [0.2, 0.25) is 0 Å². The normalized spacial score (nSPS) is 11.6. The van der Waals surface area contributed by atoms with Crippen LogP contribution in [0.4, 0.5) is 0 Å². The van der Waals surface area contributed by atoms with Gasteiger partial charge in [0.1, 0.15) is 0 Å². The molecule has 0 saturated carbocycles. The Hall–Kier alpha value is -1.32. The lowest BCUT2D eigenvalue weighted by atomic mass is 10.0. The lowest BCUT2D eigenvalue weighted by Gasteiger charge is -2.12. The van der Waals surface area contributed by atoms with Gasteiger partial charge in [0.05, 0.1) is 7.11 Å². The Morgan fingerprint density at radius 1 is 0.488 bits per heavy atom. The van der Waals surface area contributed by atoms with Crippen molar-refractivity contribution in [2.45, 2.75) is 200 Å². The highest BCUT2D eigenvalue weighted by Gasteiger charge is 2.04. The van der Waals surface area contributed by atoms with Crippen LogP contribution < -0.4 is 5.32 Å². The van der Waals surface area contributed by atoms with Gasteiger partial charge in [-0.1, -0.05) is 155 Å². The Kier molecular flexibility index (Phi) is 32.1. The van der Waals surface area contributed by atoms with Gasteiger partial charge >= 0.3 is 5.97 Å². The zero-order valence-corrected chi connectivity index (χ0v) is 28.0. The number of ether oxygens (including phenoxy) is 1. The van der Waals surface area contributed by atoms with E-state index in [0.29, 0.717) is 18.6 Å². The summed E-state index contributed by atoms with van der Waals surface area (Å²) in [5.41, 5.74) is 1.15. The largest absolute Gasteiger partial charge is 0.469 e. The zero-order chi connectivity index (χ0) is 30.1. The van der Waals surface area contributed by atoms with Crippen molar-refractivity contribution >= 4 is 11.8 Å². The Labute approximate surface area is 256 Å². The summed E-state index contributed by atoms with van der Waals surface area (Å²) in [7, 11) is 1.46. The number of carbonyl (C=O) groups excluding carboxylic acids is 2. The van der Waals surface area contributed by atoms with Crippen molar-refractivity contribution < 1.29 is 14.3 Å². The van der Waals surface area contributed by atoms with E-state index >= 15 is 0 Å². The molecule has 0 rings (SSSR count). The molecular weight excluding hydrogens is 506 g/mol. The van der Waals surface area contributed by atoms with Gasteiger partial charge in [-0.25, -0.2) is 0 Å². The first-order valence-electron chi connectivity index (χ1n) is 18.2. The number of esters is 1. The maximum absolute atomic E-state index is 12.5. The Morgan fingerprint density at radius 2 is 0.854 bits per heavy atom. The Balaban J connectivity index is 3.93. The number of hydrogen-bond acceptors (Lipinski definition) is 4. The standard InChI is InChI=1S/C37H71NO3/c1-4-6-8-10-11-12-13-14-15-16-17-18-19-22-25-29-33-38-35(34-36(39)31-27-9-7-5-2)30-26-23-20-21-24-28-32-37(40)41-3/h34,38H,4-33H2,1-3H3/b35-34-. The molecule has 4 heteroatoms. The molecular formula is C37H71NO3. The Morgan fingerprint density at radius 3 is 1.32 bits per heavy atom. The lowest BCUT2D eigenvalue weighted by Crippen LogP contribution is -2.16. The van der Waals surface area contributed by atoms with Crippen LogP contribution in [0.25, 0.3) is 0 Å². The van der Waals surface area contributed by atoms with Crippen molar-refractivity contribution in [2.75, 3.05) is 13.7 Å². The summed E-state index contributed by atoms with van der Waals surface area (Å²) >= 11 is 0. The highest BCUT2D eigenvalue weighted by Crippen LogP contribution is 2.15. The van der Waals surface area contributed by atoms with Crippen LogP contribution in [0.1, 0.15) is 200 Å². The van der Waals surface area contributed by atoms with Crippen molar-refractivity contribution in [2.24, 2.45) is 0 Å². The van der Waals surface area contributed by atoms with Crippen LogP contribution in [0.2, 0.25) is 0 Å². The maximum Gasteiger partial charge on any atom is 0.305 e. The fraction of sp³-hybridized carbons (Fsp3) is 0.892. The monoisotopic (exact) mass is 578 g/mol. The summed E-state index contributed by atoms with van der Waals surface area (Å²) in [6.07, 6.45) is 37.7. The fourth-order valence-corrected chi connectivity index (χ4v) is 5.52. The van der Waals surface area contributed by atoms with Gasteiger partial charge in [-0.15, -0.1) is 0 Å². The minimum Gasteiger partial charge on any atom is -0.469 e. The van der Waals surface area contributed by atoms with Crippen molar-refractivity contribution in [3.63, 3.8) is 0 Å². The molecule has 0 radical (unpaired) electrons. The van der Waals surface area contributed by atoms with E-state index in [4.69, 9.17) is 4.74 Å². The topological polar surface area (TPSA) is 55.4 Å². The van der Waals surface area contributed by atoms with E-state index in [-0.39, 0.29) is 5.97 Å². The molecule has 1 N–H and O–H groups in total. The van der Waals surface area contributed by atoms with Gasteiger partial charge in [-0.3, -0.25) is 9.59 Å². The predicted octanol–water partition coefficient (Wildman–Crippen LogP) is 11.6. The van der Waals surface area contributed by atoms with E-state index in [1.54, 1.807) is 0 Å². The molecule has 0 aromatic rings. The van der Waals surface area contributed by atoms with Crippen molar-refractivity contribution in [3.05, 3.63) is 11.8 Å². The van der Waals surface area contributed by atoms with E-state index in [9.17, 15) is 9.59 Å². The number of unbranched alkanes of at least 4 members (excludes halogenated alkanes) is 23. The van der Waals surface area contributed by atoms with Crippen LogP contribution in [0.5, 0.6) is 0 Å². The second-order valence-corrected chi connectivity index (χ2v) is 12.4. The molecule has 0 bridgehead atoms. The minimum absolute atomic E-state index is 0.102. The zero-order valence-electron chi connectivity index (χ0n) is 28.0. The van der Waals surface area contributed by atoms with Gasteiger partial charge in [0.15, 0.2) is 5.78 Å². The second-order valence-electron chi connectivity index (χ2n) is 12.4. The smallest absolute Gasteiger partial charge is 0.305 e. The Bertz CT molecular complexity index is 601. The van der Waals surface area contributed by atoms with Crippen LogP contribution in [0.3, 0.4) is 0 Å². The highest BCUT2D eigenvalue weighted by molar-refractivity contribution is 5.90. The number of ketones is 1. The molecule has 0 aliphatic carbocycles. The molecule has 0 aliphatic rings. The molecule has 0 aromatic carbocycles. The summed E-state index contributed by atoms with van der Waals surface area (Å²) in [4.78, 5) is 23.7. The summed E-state index contributed by atoms with van der Waals surface area (Å²) in [5.74, 6) is 0.188. The van der Waals surface area contributed by atoms with Crippen LogP contribution in [-0.4, -0.2) is 25.4 Å². The molecule has 0 amide bonds. The number of allylic oxidation sites excluding steroid dienone is 2. The average molecular weight is 578 g/mol. The lowest BCUT2D eigenvalue weighted by molar-refractivity contribution is -0.140. The number of nitrogens with one attached hydrogen (secondary N) is 1. The molecule has 0 saturated heterocycles. The molecule has 0 atom stereocenters. The molecule has 41 heavy (non-hydrogen) atoms. The van der Waals surface area contributed by atoms with E-state index in [2.05, 4.69) is 19.2 Å². The maximum atomic E-state index is 12.5. The molecule has 0 heterocycles. The summed E-state index contributed by atoms with van der Waals surface area (Å²) in [6.45, 7) is 5.49. The summed E-state index contributed by atoms with van der Waals surface area (Å²) < 4.78 is 4.71. The van der Waals surface area contributed by atoms with Crippen LogP contribution >= 0.6 is 0 Å². The highest BCUT2D eigenvalue weighted by atomic mass is 16.5. The molecule has 0 fully saturated rings. The van der Waals surface area contributed by atoms with Crippen LogP contribution in [0, 0.1) is 0 Å². The van der Waals surface area contributed by atoms with Crippen molar-refractivity contribution in [1.29, 1.82) is 0 Å². The van der Waals surface area contributed by atoms with Gasteiger partial charge < -0.3 is 10.1 Å². The third kappa shape index (κ3) is 31.4. The van der Waals surface area contributed by atoms with Gasteiger partial charge in [-0.05, 0) is 32.1 Å². The van der Waals surface area contributed by atoms with Gasteiger partial charge in [-0.2, -0.15) is 0 Å². The molecule has 0 spiro atoms. The SMILES string of the molecule is CCCCCCCCCCCCCCCCCCN/C(=C\C(=O)CCCCCC)CCCCCCCCC(=O)OC. The van der Waals surface area contributed by atoms with Gasteiger partial charge in [0, 0.05) is 31.2 Å². The number of carbonyl (C=O) groups is 2.